The highest BCUT2D eigenvalue weighted by Crippen LogP contribution is 2.11. The van der Waals surface area contributed by atoms with Crippen molar-refractivity contribution in [2.45, 2.75) is 26.1 Å². The molecule has 0 aliphatic carbocycles. The van der Waals surface area contributed by atoms with Crippen molar-refractivity contribution in [3.8, 4) is 11.8 Å². The van der Waals surface area contributed by atoms with Crippen LogP contribution in [0.2, 0.25) is 0 Å². The van der Waals surface area contributed by atoms with E-state index in [-0.39, 0.29) is 12.1 Å². The lowest BCUT2D eigenvalue weighted by Crippen LogP contribution is -2.50. The molecule has 0 aromatic heterocycles. The Bertz CT molecular complexity index is 279. The summed E-state index contributed by atoms with van der Waals surface area (Å²) in [4.78, 5) is 13.4. The van der Waals surface area contributed by atoms with Crippen LogP contribution in [0.15, 0.2) is 0 Å². The molecule has 4 heteroatoms. The van der Waals surface area contributed by atoms with E-state index >= 15 is 0 Å². The molecular weight excluding hydrogens is 194 g/mol. The van der Waals surface area contributed by atoms with Gasteiger partial charge < -0.3 is 9.47 Å². The number of hydrogen-bond donors (Lipinski definition) is 0. The van der Waals surface area contributed by atoms with E-state index in [0.717, 1.165) is 6.54 Å². The van der Waals surface area contributed by atoms with Crippen LogP contribution in [0.3, 0.4) is 0 Å². The van der Waals surface area contributed by atoms with Gasteiger partial charge in [-0.05, 0) is 13.8 Å². The second-order valence-corrected chi connectivity index (χ2v) is 3.58. The Morgan fingerprint density at radius 2 is 2.33 bits per heavy atom. The normalized spacial score (nSPS) is 26.6. The average Bonchev–Trinajstić information content (AvgIpc) is 2.24. The monoisotopic (exact) mass is 211 g/mol. The summed E-state index contributed by atoms with van der Waals surface area (Å²) in [6.07, 6.45) is -0.432. The van der Waals surface area contributed by atoms with E-state index in [1.165, 1.54) is 7.11 Å². The molecule has 1 rings (SSSR count). The van der Waals surface area contributed by atoms with E-state index in [1.54, 1.807) is 0 Å². The molecule has 0 aromatic carbocycles. The fourth-order valence-electron chi connectivity index (χ4n) is 1.62. The Morgan fingerprint density at radius 1 is 1.60 bits per heavy atom. The minimum Gasteiger partial charge on any atom is -0.467 e. The fourth-order valence-corrected chi connectivity index (χ4v) is 1.62. The number of morpholine rings is 1. The molecule has 0 bridgehead atoms. The SMILES string of the molecule is CC#CCN1CC(C(=O)OC)O[C@H](C)C1. The smallest absolute Gasteiger partial charge is 0.336 e. The molecule has 1 fully saturated rings. The van der Waals surface area contributed by atoms with Gasteiger partial charge in [0.05, 0.1) is 19.8 Å². The van der Waals surface area contributed by atoms with Crippen molar-refractivity contribution in [1.29, 1.82) is 0 Å². The average molecular weight is 211 g/mol. The van der Waals surface area contributed by atoms with Crippen LogP contribution >= 0.6 is 0 Å². The van der Waals surface area contributed by atoms with Crippen LogP contribution < -0.4 is 0 Å². The highest BCUT2D eigenvalue weighted by atomic mass is 16.6. The van der Waals surface area contributed by atoms with Gasteiger partial charge in [-0.15, -0.1) is 5.92 Å². The van der Waals surface area contributed by atoms with Gasteiger partial charge in [-0.2, -0.15) is 0 Å². The first-order valence-electron chi connectivity index (χ1n) is 5.02. The van der Waals surface area contributed by atoms with Crippen molar-refractivity contribution in [3.05, 3.63) is 0 Å². The van der Waals surface area contributed by atoms with Gasteiger partial charge in [0.2, 0.25) is 0 Å². The third-order valence-electron chi connectivity index (χ3n) is 2.28. The number of ether oxygens (including phenoxy) is 2. The van der Waals surface area contributed by atoms with Crippen molar-refractivity contribution in [1.82, 2.24) is 4.90 Å². The molecule has 1 aliphatic heterocycles. The highest BCUT2D eigenvalue weighted by molar-refractivity contribution is 5.74. The molecule has 15 heavy (non-hydrogen) atoms. The van der Waals surface area contributed by atoms with Crippen molar-refractivity contribution in [3.63, 3.8) is 0 Å². The van der Waals surface area contributed by atoms with Crippen molar-refractivity contribution in [2.75, 3.05) is 26.7 Å². The summed E-state index contributed by atoms with van der Waals surface area (Å²) >= 11 is 0. The zero-order valence-corrected chi connectivity index (χ0v) is 9.45. The molecule has 1 aliphatic rings. The Balaban J connectivity index is 2.53. The number of hydrogen-bond acceptors (Lipinski definition) is 4. The lowest BCUT2D eigenvalue weighted by Gasteiger charge is -2.34. The topological polar surface area (TPSA) is 38.8 Å². The maximum Gasteiger partial charge on any atom is 0.336 e. The first-order valence-corrected chi connectivity index (χ1v) is 5.02. The summed E-state index contributed by atoms with van der Waals surface area (Å²) in [5, 5.41) is 0. The van der Waals surface area contributed by atoms with Gasteiger partial charge in [0.25, 0.3) is 0 Å². The molecular formula is C11H17NO3. The van der Waals surface area contributed by atoms with Crippen LogP contribution in [-0.2, 0) is 14.3 Å². The van der Waals surface area contributed by atoms with E-state index in [4.69, 9.17) is 4.74 Å². The number of methoxy groups -OCH3 is 1. The first kappa shape index (κ1) is 12.0. The summed E-state index contributed by atoms with van der Waals surface area (Å²) < 4.78 is 10.1. The zero-order valence-electron chi connectivity index (χ0n) is 9.45. The number of esters is 1. The minimum absolute atomic E-state index is 0.0431. The van der Waals surface area contributed by atoms with E-state index in [2.05, 4.69) is 21.5 Å². The van der Waals surface area contributed by atoms with Crippen LogP contribution in [0.25, 0.3) is 0 Å². The van der Waals surface area contributed by atoms with Gasteiger partial charge >= 0.3 is 5.97 Å². The van der Waals surface area contributed by atoms with Gasteiger partial charge in [0.1, 0.15) is 0 Å². The van der Waals surface area contributed by atoms with Crippen LogP contribution in [-0.4, -0.2) is 49.8 Å². The third kappa shape index (κ3) is 3.54. The van der Waals surface area contributed by atoms with Crippen molar-refractivity contribution >= 4 is 5.97 Å². The molecule has 0 amide bonds. The number of carbonyl (C=O) groups is 1. The van der Waals surface area contributed by atoms with Crippen LogP contribution in [0, 0.1) is 11.8 Å². The second-order valence-electron chi connectivity index (χ2n) is 3.58. The predicted octanol–water partition coefficient (Wildman–Crippen LogP) is 0.272. The molecule has 2 atom stereocenters. The van der Waals surface area contributed by atoms with Crippen LogP contribution in [0.4, 0.5) is 0 Å². The highest BCUT2D eigenvalue weighted by Gasteiger charge is 2.30. The predicted molar refractivity (Wildman–Crippen MR) is 56.2 cm³/mol. The van der Waals surface area contributed by atoms with Gasteiger partial charge in [0.15, 0.2) is 6.10 Å². The molecule has 0 N–H and O–H groups in total. The summed E-state index contributed by atoms with van der Waals surface area (Å²) in [6, 6.07) is 0. The van der Waals surface area contributed by atoms with Gasteiger partial charge in [-0.3, -0.25) is 4.90 Å². The van der Waals surface area contributed by atoms with Gasteiger partial charge in [-0.1, -0.05) is 5.92 Å². The van der Waals surface area contributed by atoms with Crippen molar-refractivity contribution in [2.24, 2.45) is 0 Å². The molecule has 1 heterocycles. The zero-order chi connectivity index (χ0) is 11.3. The number of carbonyl (C=O) groups excluding carboxylic acids is 1. The first-order chi connectivity index (χ1) is 7.17. The Kier molecular flexibility index (Phi) is 4.60. The minimum atomic E-state index is -0.475. The fraction of sp³-hybridized carbons (Fsp3) is 0.727. The molecule has 0 spiro atoms. The maximum absolute atomic E-state index is 11.3. The molecule has 1 saturated heterocycles. The number of nitrogens with zero attached hydrogens (tertiary/aromatic N) is 1. The third-order valence-corrected chi connectivity index (χ3v) is 2.28. The largest absolute Gasteiger partial charge is 0.467 e. The lowest BCUT2D eigenvalue weighted by molar-refractivity contribution is -0.165. The summed E-state index contributed by atoms with van der Waals surface area (Å²) in [5.74, 6) is 5.51. The standard InChI is InChI=1S/C11H17NO3/c1-4-5-6-12-7-9(2)15-10(8-12)11(13)14-3/h9-10H,6-8H2,1-3H3/t9-,10?/m1/s1. The van der Waals surface area contributed by atoms with Gasteiger partial charge in [-0.25, -0.2) is 4.79 Å². The van der Waals surface area contributed by atoms with Crippen molar-refractivity contribution < 1.29 is 14.3 Å². The second kappa shape index (κ2) is 5.74. The molecule has 84 valence electrons. The number of rotatable bonds is 2. The molecule has 0 saturated carbocycles. The maximum atomic E-state index is 11.3. The van der Waals surface area contributed by atoms with Crippen LogP contribution in [0.5, 0.6) is 0 Å². The lowest BCUT2D eigenvalue weighted by atomic mass is 10.2. The quantitative estimate of drug-likeness (QED) is 0.485. The molecule has 4 nitrogen and oxygen atoms in total. The summed E-state index contributed by atoms with van der Waals surface area (Å²) in [5.41, 5.74) is 0. The van der Waals surface area contributed by atoms with E-state index in [9.17, 15) is 4.79 Å². The Hall–Kier alpha value is -1.05. The van der Waals surface area contributed by atoms with E-state index in [1.807, 2.05) is 13.8 Å². The van der Waals surface area contributed by atoms with Crippen LogP contribution in [0.1, 0.15) is 13.8 Å². The Labute approximate surface area is 90.5 Å². The summed E-state index contributed by atoms with van der Waals surface area (Å²) in [7, 11) is 1.38. The summed E-state index contributed by atoms with van der Waals surface area (Å²) in [6.45, 7) is 5.80. The molecule has 0 aromatic rings. The Morgan fingerprint density at radius 3 is 2.93 bits per heavy atom. The van der Waals surface area contributed by atoms with Gasteiger partial charge in [0, 0.05) is 13.1 Å². The van der Waals surface area contributed by atoms with E-state index in [0.29, 0.717) is 13.1 Å². The molecule has 0 radical (unpaired) electrons. The van der Waals surface area contributed by atoms with E-state index < -0.39 is 6.10 Å². The molecule has 1 unspecified atom stereocenters.